The molecule has 3 rings (SSSR count). The van der Waals surface area contributed by atoms with E-state index in [-0.39, 0.29) is 17.8 Å². The van der Waals surface area contributed by atoms with Crippen LogP contribution in [0.15, 0.2) is 40.1 Å². The van der Waals surface area contributed by atoms with Crippen LogP contribution < -0.4 is 14.8 Å². The number of benzene rings is 1. The molecule has 0 spiro atoms. The van der Waals surface area contributed by atoms with Gasteiger partial charge in [0, 0.05) is 5.56 Å². The lowest BCUT2D eigenvalue weighted by Gasteiger charge is -2.11. The maximum Gasteiger partial charge on any atom is 0.322 e. The van der Waals surface area contributed by atoms with E-state index in [1.807, 2.05) is 19.2 Å². The minimum atomic E-state index is -0.285. The van der Waals surface area contributed by atoms with Crippen LogP contribution in [0.2, 0.25) is 0 Å². The van der Waals surface area contributed by atoms with E-state index in [1.54, 1.807) is 30.3 Å². The number of carbonyl (C=O) groups is 1. The van der Waals surface area contributed by atoms with Crippen molar-refractivity contribution in [2.24, 2.45) is 0 Å². The molecule has 0 aliphatic heterocycles. The van der Waals surface area contributed by atoms with Crippen LogP contribution in [0.1, 0.15) is 23.5 Å². The number of thiophene rings is 1. The van der Waals surface area contributed by atoms with Crippen LogP contribution in [-0.4, -0.2) is 29.3 Å². The standard InChI is InChI=1S/C17H17N3O4S/c1-3-22-12-8-7-11(10-13(12)23-4-2)16-19-20-17(24-16)18-15(21)14-6-5-9-25-14/h5-10H,3-4H2,1-2H3,(H,18,20,21). The monoisotopic (exact) mass is 359 g/mol. The Morgan fingerprint density at radius 2 is 1.96 bits per heavy atom. The fourth-order valence-electron chi connectivity index (χ4n) is 2.14. The molecule has 0 saturated carbocycles. The SMILES string of the molecule is CCOc1ccc(-c2nnc(NC(=O)c3cccs3)o2)cc1OCC. The van der Waals surface area contributed by atoms with Gasteiger partial charge in [0.1, 0.15) is 0 Å². The van der Waals surface area contributed by atoms with E-state index in [4.69, 9.17) is 13.9 Å². The quantitative estimate of drug-likeness (QED) is 0.689. The molecule has 0 unspecified atom stereocenters. The Labute approximate surface area is 148 Å². The predicted molar refractivity (Wildman–Crippen MR) is 94.3 cm³/mol. The highest BCUT2D eigenvalue weighted by Crippen LogP contribution is 2.32. The van der Waals surface area contributed by atoms with Crippen molar-refractivity contribution in [3.8, 4) is 23.0 Å². The first-order valence-corrected chi connectivity index (χ1v) is 8.67. The number of rotatable bonds is 7. The number of amides is 1. The molecule has 0 atom stereocenters. The summed E-state index contributed by atoms with van der Waals surface area (Å²) in [5, 5.41) is 12.2. The lowest BCUT2D eigenvalue weighted by atomic mass is 10.2. The third-order valence-electron chi connectivity index (χ3n) is 3.18. The second-order valence-corrected chi connectivity index (χ2v) is 5.82. The molecule has 25 heavy (non-hydrogen) atoms. The minimum Gasteiger partial charge on any atom is -0.490 e. The Kier molecular flexibility index (Phi) is 5.30. The molecule has 0 bridgehead atoms. The van der Waals surface area contributed by atoms with E-state index in [2.05, 4.69) is 15.5 Å². The van der Waals surface area contributed by atoms with E-state index in [9.17, 15) is 4.79 Å². The van der Waals surface area contributed by atoms with Crippen molar-refractivity contribution in [2.75, 3.05) is 18.5 Å². The number of nitrogens with zero attached hydrogens (tertiary/aromatic N) is 2. The van der Waals surface area contributed by atoms with Crippen LogP contribution in [0.4, 0.5) is 6.01 Å². The van der Waals surface area contributed by atoms with Crippen LogP contribution in [0.5, 0.6) is 11.5 Å². The molecule has 1 amide bonds. The Bertz CT molecular complexity index is 845. The van der Waals surface area contributed by atoms with Gasteiger partial charge in [-0.25, -0.2) is 0 Å². The second-order valence-electron chi connectivity index (χ2n) is 4.87. The summed E-state index contributed by atoms with van der Waals surface area (Å²) in [6.07, 6.45) is 0. The number of carbonyl (C=O) groups excluding carboxylic acids is 1. The zero-order valence-electron chi connectivity index (χ0n) is 13.8. The van der Waals surface area contributed by atoms with Gasteiger partial charge in [-0.1, -0.05) is 11.2 Å². The van der Waals surface area contributed by atoms with Gasteiger partial charge in [0.15, 0.2) is 11.5 Å². The van der Waals surface area contributed by atoms with Crippen molar-refractivity contribution >= 4 is 23.3 Å². The van der Waals surface area contributed by atoms with Crippen LogP contribution in [0.3, 0.4) is 0 Å². The van der Waals surface area contributed by atoms with Crippen LogP contribution in [0, 0.1) is 0 Å². The molecule has 0 radical (unpaired) electrons. The average molecular weight is 359 g/mol. The van der Waals surface area contributed by atoms with E-state index in [0.29, 0.717) is 35.2 Å². The zero-order chi connectivity index (χ0) is 17.6. The van der Waals surface area contributed by atoms with Gasteiger partial charge in [-0.15, -0.1) is 16.4 Å². The molecule has 130 valence electrons. The van der Waals surface area contributed by atoms with Crippen molar-refractivity contribution in [1.29, 1.82) is 0 Å². The highest BCUT2D eigenvalue weighted by molar-refractivity contribution is 7.12. The summed E-state index contributed by atoms with van der Waals surface area (Å²) in [4.78, 5) is 12.6. The van der Waals surface area contributed by atoms with Gasteiger partial charge in [0.05, 0.1) is 18.1 Å². The predicted octanol–water partition coefficient (Wildman–Crippen LogP) is 3.85. The maximum atomic E-state index is 12.0. The van der Waals surface area contributed by atoms with Gasteiger partial charge in [-0.2, -0.15) is 0 Å². The van der Waals surface area contributed by atoms with Gasteiger partial charge in [0.2, 0.25) is 5.89 Å². The van der Waals surface area contributed by atoms with Gasteiger partial charge in [-0.3, -0.25) is 10.1 Å². The number of nitrogens with one attached hydrogen (secondary N) is 1. The van der Waals surface area contributed by atoms with Crippen molar-refractivity contribution < 1.29 is 18.7 Å². The molecule has 0 aliphatic rings. The second kappa shape index (κ2) is 7.80. The van der Waals surface area contributed by atoms with E-state index in [0.717, 1.165) is 0 Å². The summed E-state index contributed by atoms with van der Waals surface area (Å²) < 4.78 is 16.6. The van der Waals surface area contributed by atoms with Gasteiger partial charge < -0.3 is 13.9 Å². The molecule has 7 nitrogen and oxygen atoms in total. The first kappa shape index (κ1) is 17.0. The molecular weight excluding hydrogens is 342 g/mol. The Morgan fingerprint density at radius 1 is 1.16 bits per heavy atom. The summed E-state index contributed by atoms with van der Waals surface area (Å²) in [5.41, 5.74) is 0.677. The maximum absolute atomic E-state index is 12.0. The highest BCUT2D eigenvalue weighted by Gasteiger charge is 2.15. The molecule has 0 fully saturated rings. The third kappa shape index (κ3) is 3.97. The van der Waals surface area contributed by atoms with E-state index in [1.165, 1.54) is 11.3 Å². The fourth-order valence-corrected chi connectivity index (χ4v) is 2.76. The molecule has 1 N–H and O–H groups in total. The Hall–Kier alpha value is -2.87. The average Bonchev–Trinajstić information content (AvgIpc) is 3.28. The zero-order valence-corrected chi connectivity index (χ0v) is 14.6. The molecule has 2 aromatic heterocycles. The molecule has 1 aromatic carbocycles. The number of aromatic nitrogens is 2. The lowest BCUT2D eigenvalue weighted by molar-refractivity contribution is 0.102. The van der Waals surface area contributed by atoms with Crippen molar-refractivity contribution in [1.82, 2.24) is 10.2 Å². The van der Waals surface area contributed by atoms with Crippen LogP contribution in [-0.2, 0) is 0 Å². The topological polar surface area (TPSA) is 86.5 Å². The Balaban J connectivity index is 1.79. The summed E-state index contributed by atoms with van der Waals surface area (Å²) in [7, 11) is 0. The normalized spacial score (nSPS) is 10.5. The molecule has 0 saturated heterocycles. The summed E-state index contributed by atoms with van der Waals surface area (Å²) >= 11 is 1.33. The first-order valence-electron chi connectivity index (χ1n) is 7.79. The summed E-state index contributed by atoms with van der Waals surface area (Å²) in [5.74, 6) is 1.25. The van der Waals surface area contributed by atoms with Gasteiger partial charge >= 0.3 is 6.01 Å². The van der Waals surface area contributed by atoms with E-state index >= 15 is 0 Å². The van der Waals surface area contributed by atoms with Gasteiger partial charge in [-0.05, 0) is 43.5 Å². The van der Waals surface area contributed by atoms with Crippen LogP contribution >= 0.6 is 11.3 Å². The van der Waals surface area contributed by atoms with Crippen LogP contribution in [0.25, 0.3) is 11.5 Å². The molecule has 2 heterocycles. The molecule has 0 aliphatic carbocycles. The number of hydrogen-bond acceptors (Lipinski definition) is 7. The van der Waals surface area contributed by atoms with Crippen molar-refractivity contribution in [2.45, 2.75) is 13.8 Å². The Morgan fingerprint density at radius 3 is 2.68 bits per heavy atom. The molecule has 8 heteroatoms. The fraction of sp³-hybridized carbons (Fsp3) is 0.235. The largest absolute Gasteiger partial charge is 0.490 e. The number of ether oxygens (including phenoxy) is 2. The van der Waals surface area contributed by atoms with E-state index < -0.39 is 0 Å². The lowest BCUT2D eigenvalue weighted by Crippen LogP contribution is -2.10. The minimum absolute atomic E-state index is 0.0419. The highest BCUT2D eigenvalue weighted by atomic mass is 32.1. The third-order valence-corrected chi connectivity index (χ3v) is 4.05. The summed E-state index contributed by atoms with van der Waals surface area (Å²) in [6.45, 7) is 4.85. The molecular formula is C17H17N3O4S. The number of hydrogen-bond donors (Lipinski definition) is 1. The smallest absolute Gasteiger partial charge is 0.322 e. The van der Waals surface area contributed by atoms with Gasteiger partial charge in [0.25, 0.3) is 5.91 Å². The first-order chi connectivity index (χ1) is 12.2. The summed E-state index contributed by atoms with van der Waals surface area (Å²) in [6, 6.07) is 8.92. The number of anilines is 1. The molecule has 3 aromatic rings. The van der Waals surface area contributed by atoms with Crippen molar-refractivity contribution in [3.63, 3.8) is 0 Å². The van der Waals surface area contributed by atoms with Crippen molar-refractivity contribution in [3.05, 3.63) is 40.6 Å².